The highest BCUT2D eigenvalue weighted by Gasteiger charge is 2.26. The number of rotatable bonds is 10. The van der Waals surface area contributed by atoms with Gasteiger partial charge in [0.2, 0.25) is 0 Å². The molecular formula is C23H27ClN2O5. The lowest BCUT2D eigenvalue weighted by Crippen LogP contribution is -2.48. The van der Waals surface area contributed by atoms with Crippen molar-refractivity contribution in [3.8, 4) is 0 Å². The topological polar surface area (TPSA) is 79.3 Å². The summed E-state index contributed by atoms with van der Waals surface area (Å²) in [5.74, 6) is -1.85. The first-order chi connectivity index (χ1) is 15.0. The molecule has 7 nitrogen and oxygen atoms in total. The Morgan fingerprint density at radius 1 is 0.935 bits per heavy atom. The molecule has 8 heteroatoms. The maximum atomic E-state index is 11.4. The molecule has 0 aliphatic carbocycles. The molecule has 3 rings (SSSR count). The van der Waals surface area contributed by atoms with Crippen molar-refractivity contribution >= 4 is 23.5 Å². The van der Waals surface area contributed by atoms with Crippen molar-refractivity contribution in [3.63, 3.8) is 0 Å². The first-order valence-corrected chi connectivity index (χ1v) is 10.6. The smallest absolute Gasteiger partial charge is 0.341 e. The number of benzene rings is 2. The van der Waals surface area contributed by atoms with E-state index in [1.54, 1.807) is 0 Å². The summed E-state index contributed by atoms with van der Waals surface area (Å²) < 4.78 is 9.85. The largest absolute Gasteiger partial charge is 0.479 e. The highest BCUT2D eigenvalue weighted by molar-refractivity contribution is 6.30. The summed E-state index contributed by atoms with van der Waals surface area (Å²) in [7, 11) is 0. The average Bonchev–Trinajstić information content (AvgIpc) is 2.78. The molecular weight excluding hydrogens is 420 g/mol. The van der Waals surface area contributed by atoms with Gasteiger partial charge in [0.25, 0.3) is 0 Å². The molecule has 1 aliphatic heterocycles. The van der Waals surface area contributed by atoms with Gasteiger partial charge in [0.15, 0.2) is 6.61 Å². The maximum absolute atomic E-state index is 11.4. The van der Waals surface area contributed by atoms with Gasteiger partial charge in [-0.15, -0.1) is 0 Å². The highest BCUT2D eigenvalue weighted by Crippen LogP contribution is 2.30. The molecule has 2 aromatic carbocycles. The van der Waals surface area contributed by atoms with Crippen LogP contribution in [0.5, 0.6) is 0 Å². The van der Waals surface area contributed by atoms with Gasteiger partial charge in [0.05, 0.1) is 12.6 Å². The molecule has 1 atom stereocenters. The second-order valence-corrected chi connectivity index (χ2v) is 7.79. The number of ether oxygens (including phenoxy) is 2. The summed E-state index contributed by atoms with van der Waals surface area (Å²) in [5.41, 5.74) is 2.47. The molecule has 166 valence electrons. The standard InChI is InChI=1S/C23H27ClN2O5/c24-20-8-6-19(7-9-20)23(18-4-2-1-3-5-18)26-12-10-25(11-13-26)14-15-30-17-22(29)31-16-21(27)28/h1-9,23H,10-17H2,(H,27,28). The SMILES string of the molecule is O=C(O)COC(=O)COCCN1CCN(C(c2ccccc2)c2ccc(Cl)cc2)CC1. The first kappa shape index (κ1) is 23.2. The van der Waals surface area contributed by atoms with Crippen LogP contribution in [0.25, 0.3) is 0 Å². The van der Waals surface area contributed by atoms with Gasteiger partial charge in [-0.1, -0.05) is 54.1 Å². The van der Waals surface area contributed by atoms with E-state index in [4.69, 9.17) is 21.4 Å². The number of carbonyl (C=O) groups is 2. The minimum absolute atomic E-state index is 0.167. The predicted octanol–water partition coefficient (Wildman–Crippen LogP) is 2.69. The van der Waals surface area contributed by atoms with Gasteiger partial charge in [-0.05, 0) is 23.3 Å². The van der Waals surface area contributed by atoms with Crippen LogP contribution in [0.2, 0.25) is 5.02 Å². The molecule has 1 aliphatic rings. The van der Waals surface area contributed by atoms with E-state index >= 15 is 0 Å². The summed E-state index contributed by atoms with van der Waals surface area (Å²) >= 11 is 6.09. The molecule has 0 amide bonds. The molecule has 1 fully saturated rings. The second kappa shape index (κ2) is 11.8. The van der Waals surface area contributed by atoms with Crippen molar-refractivity contribution in [1.82, 2.24) is 9.80 Å². The van der Waals surface area contributed by atoms with Gasteiger partial charge in [-0.3, -0.25) is 9.80 Å². The highest BCUT2D eigenvalue weighted by atomic mass is 35.5. The predicted molar refractivity (Wildman–Crippen MR) is 117 cm³/mol. The van der Waals surface area contributed by atoms with Crippen LogP contribution in [0.15, 0.2) is 54.6 Å². The van der Waals surface area contributed by atoms with E-state index in [0.717, 1.165) is 31.2 Å². The Kier molecular flexibility index (Phi) is 8.85. The number of carbonyl (C=O) groups excluding carboxylic acids is 1. The molecule has 1 heterocycles. The number of carboxylic acids is 1. The second-order valence-electron chi connectivity index (χ2n) is 7.35. The summed E-state index contributed by atoms with van der Waals surface area (Å²) in [5, 5.41) is 9.22. The van der Waals surface area contributed by atoms with Crippen molar-refractivity contribution in [2.75, 3.05) is 52.5 Å². The Bertz CT molecular complexity index is 839. The van der Waals surface area contributed by atoms with Crippen LogP contribution in [0.3, 0.4) is 0 Å². The van der Waals surface area contributed by atoms with Crippen molar-refractivity contribution in [2.45, 2.75) is 6.04 Å². The van der Waals surface area contributed by atoms with Crippen molar-refractivity contribution < 1.29 is 24.2 Å². The fraction of sp³-hybridized carbons (Fsp3) is 0.391. The van der Waals surface area contributed by atoms with Gasteiger partial charge in [0.1, 0.15) is 6.61 Å². The van der Waals surface area contributed by atoms with E-state index in [1.807, 2.05) is 18.2 Å². The minimum Gasteiger partial charge on any atom is -0.479 e. The molecule has 1 unspecified atom stereocenters. The number of halogens is 1. The first-order valence-electron chi connectivity index (χ1n) is 10.2. The Balaban J connectivity index is 1.49. The van der Waals surface area contributed by atoms with Gasteiger partial charge in [0, 0.05) is 37.7 Å². The number of aliphatic carboxylic acids is 1. The van der Waals surface area contributed by atoms with Crippen LogP contribution in [-0.2, 0) is 19.1 Å². The van der Waals surface area contributed by atoms with Gasteiger partial charge < -0.3 is 14.6 Å². The van der Waals surface area contributed by atoms with Gasteiger partial charge in [-0.25, -0.2) is 9.59 Å². The minimum atomic E-state index is -1.18. The quantitative estimate of drug-likeness (QED) is 0.444. The monoisotopic (exact) mass is 446 g/mol. The van der Waals surface area contributed by atoms with Crippen molar-refractivity contribution in [2.24, 2.45) is 0 Å². The summed E-state index contributed by atoms with van der Waals surface area (Å²) in [6.07, 6.45) is 0. The molecule has 0 radical (unpaired) electrons. The third-order valence-electron chi connectivity index (χ3n) is 5.20. The fourth-order valence-electron chi connectivity index (χ4n) is 3.67. The summed E-state index contributed by atoms with van der Waals surface area (Å²) in [6, 6.07) is 18.7. The molecule has 31 heavy (non-hydrogen) atoms. The van der Waals surface area contributed by atoms with Crippen LogP contribution >= 0.6 is 11.6 Å². The zero-order valence-corrected chi connectivity index (χ0v) is 18.0. The van der Waals surface area contributed by atoms with Gasteiger partial charge in [-0.2, -0.15) is 0 Å². The number of esters is 1. The summed E-state index contributed by atoms with van der Waals surface area (Å²) in [4.78, 5) is 26.5. The number of nitrogens with zero attached hydrogens (tertiary/aromatic N) is 2. The lowest BCUT2D eigenvalue weighted by Gasteiger charge is -2.39. The third kappa shape index (κ3) is 7.33. The fourth-order valence-corrected chi connectivity index (χ4v) is 3.80. The third-order valence-corrected chi connectivity index (χ3v) is 5.45. The van der Waals surface area contributed by atoms with Crippen molar-refractivity contribution in [3.05, 3.63) is 70.7 Å². The number of piperazine rings is 1. The average molecular weight is 447 g/mol. The lowest BCUT2D eigenvalue weighted by molar-refractivity contribution is -0.158. The summed E-state index contributed by atoms with van der Waals surface area (Å²) in [6.45, 7) is 3.82. The zero-order chi connectivity index (χ0) is 22.1. The molecule has 0 saturated carbocycles. The normalized spacial score (nSPS) is 16.0. The number of carboxylic acid groups (broad SMARTS) is 1. The van der Waals surface area contributed by atoms with Crippen LogP contribution in [0, 0.1) is 0 Å². The van der Waals surface area contributed by atoms with Gasteiger partial charge >= 0.3 is 11.9 Å². The van der Waals surface area contributed by atoms with Crippen LogP contribution in [-0.4, -0.2) is 79.4 Å². The molecule has 0 spiro atoms. The molecule has 0 bridgehead atoms. The van der Waals surface area contributed by atoms with Crippen LogP contribution in [0.1, 0.15) is 17.2 Å². The number of hydrogen-bond donors (Lipinski definition) is 1. The lowest BCUT2D eigenvalue weighted by atomic mass is 9.96. The zero-order valence-electron chi connectivity index (χ0n) is 17.3. The Labute approximate surface area is 187 Å². The van der Waals surface area contributed by atoms with E-state index in [9.17, 15) is 9.59 Å². The van der Waals surface area contributed by atoms with E-state index < -0.39 is 18.5 Å². The maximum Gasteiger partial charge on any atom is 0.341 e. The molecule has 2 aromatic rings. The molecule has 1 N–H and O–H groups in total. The molecule has 1 saturated heterocycles. The van der Waals surface area contributed by atoms with E-state index in [2.05, 4.69) is 50.9 Å². The van der Waals surface area contributed by atoms with Crippen LogP contribution < -0.4 is 0 Å². The Morgan fingerprint density at radius 3 is 2.23 bits per heavy atom. The van der Waals surface area contributed by atoms with E-state index in [-0.39, 0.29) is 12.6 Å². The van der Waals surface area contributed by atoms with E-state index in [1.165, 1.54) is 11.1 Å². The van der Waals surface area contributed by atoms with Crippen LogP contribution in [0.4, 0.5) is 0 Å². The number of hydrogen-bond acceptors (Lipinski definition) is 6. The Morgan fingerprint density at radius 2 is 1.58 bits per heavy atom. The van der Waals surface area contributed by atoms with Crippen molar-refractivity contribution in [1.29, 1.82) is 0 Å². The Hall–Kier alpha value is -2.45. The molecule has 0 aromatic heterocycles. The van der Waals surface area contributed by atoms with E-state index in [0.29, 0.717) is 13.2 Å².